The fraction of sp³-hybridized carbons (Fsp3) is 0.538. The summed E-state index contributed by atoms with van der Waals surface area (Å²) in [6, 6.07) is 5.44. The minimum Gasteiger partial charge on any atom is -0.490 e. The minimum absolute atomic E-state index is 0.123. The van der Waals surface area contributed by atoms with E-state index in [-0.39, 0.29) is 6.10 Å². The van der Waals surface area contributed by atoms with Crippen LogP contribution < -0.4 is 4.74 Å². The summed E-state index contributed by atoms with van der Waals surface area (Å²) < 4.78 is 5.87. The predicted molar refractivity (Wildman–Crippen MR) is 73.1 cm³/mol. The second-order valence-electron chi connectivity index (χ2n) is 4.16. The van der Waals surface area contributed by atoms with E-state index < -0.39 is 6.10 Å². The van der Waals surface area contributed by atoms with Crippen molar-refractivity contribution in [1.82, 2.24) is 0 Å². The van der Waals surface area contributed by atoms with E-state index in [1.807, 2.05) is 17.8 Å². The number of hydrogen-bond donors (Lipinski definition) is 1. The Balaban J connectivity index is 2.03. The smallest absolute Gasteiger partial charge is 0.125 e. The minimum atomic E-state index is -0.450. The van der Waals surface area contributed by atoms with E-state index >= 15 is 0 Å². The zero-order valence-electron chi connectivity index (χ0n) is 9.86. The number of hydrogen-bond acceptors (Lipinski definition) is 3. The van der Waals surface area contributed by atoms with Crippen molar-refractivity contribution in [2.75, 3.05) is 11.5 Å². The van der Waals surface area contributed by atoms with Crippen LogP contribution in [-0.4, -0.2) is 22.7 Å². The molecule has 2 unspecified atom stereocenters. The topological polar surface area (TPSA) is 29.5 Å². The Morgan fingerprint density at radius 2 is 2.35 bits per heavy atom. The highest BCUT2D eigenvalue weighted by Gasteiger charge is 2.26. The van der Waals surface area contributed by atoms with Crippen LogP contribution in [0.15, 0.2) is 18.2 Å². The highest BCUT2D eigenvalue weighted by atomic mass is 35.5. The van der Waals surface area contributed by atoms with E-state index in [0.717, 1.165) is 29.2 Å². The molecule has 0 aliphatic carbocycles. The normalized spacial score (nSPS) is 23.0. The van der Waals surface area contributed by atoms with Crippen LogP contribution in [0.25, 0.3) is 0 Å². The van der Waals surface area contributed by atoms with Gasteiger partial charge in [-0.15, -0.1) is 0 Å². The van der Waals surface area contributed by atoms with Gasteiger partial charge < -0.3 is 9.84 Å². The molecule has 1 heterocycles. The molecule has 0 saturated heterocycles. The first-order valence-electron chi connectivity index (χ1n) is 5.92. The van der Waals surface area contributed by atoms with Gasteiger partial charge in [-0.3, -0.25) is 0 Å². The fourth-order valence-electron chi connectivity index (χ4n) is 2.03. The van der Waals surface area contributed by atoms with Crippen molar-refractivity contribution in [2.24, 2.45) is 0 Å². The van der Waals surface area contributed by atoms with Gasteiger partial charge in [0, 0.05) is 17.0 Å². The van der Waals surface area contributed by atoms with Crippen molar-refractivity contribution in [2.45, 2.75) is 32.0 Å². The maximum atomic E-state index is 10.1. The largest absolute Gasteiger partial charge is 0.490 e. The van der Waals surface area contributed by atoms with Crippen LogP contribution in [0.5, 0.6) is 5.75 Å². The lowest BCUT2D eigenvalue weighted by Gasteiger charge is -2.29. The highest BCUT2D eigenvalue weighted by molar-refractivity contribution is 7.99. The molecule has 0 aromatic heterocycles. The molecule has 2 rings (SSSR count). The molecular weight excluding hydrogens is 256 g/mol. The maximum absolute atomic E-state index is 10.1. The predicted octanol–water partition coefficient (Wildman–Crippen LogP) is 3.67. The summed E-state index contributed by atoms with van der Waals surface area (Å²) in [5.41, 5.74) is 0.817. The lowest BCUT2D eigenvalue weighted by atomic mass is 9.98. The molecule has 2 atom stereocenters. The Morgan fingerprint density at radius 1 is 1.53 bits per heavy atom. The molecule has 0 bridgehead atoms. The number of benzene rings is 1. The van der Waals surface area contributed by atoms with E-state index in [0.29, 0.717) is 11.4 Å². The fourth-order valence-corrected chi connectivity index (χ4v) is 2.93. The van der Waals surface area contributed by atoms with Crippen molar-refractivity contribution >= 4 is 23.4 Å². The van der Waals surface area contributed by atoms with E-state index in [9.17, 15) is 5.11 Å². The first-order valence-corrected chi connectivity index (χ1v) is 7.46. The van der Waals surface area contributed by atoms with Crippen LogP contribution in [0.1, 0.15) is 31.4 Å². The molecule has 4 heteroatoms. The summed E-state index contributed by atoms with van der Waals surface area (Å²) in [5.74, 6) is 2.98. The van der Waals surface area contributed by atoms with Crippen LogP contribution in [0.3, 0.4) is 0 Å². The van der Waals surface area contributed by atoms with Gasteiger partial charge in [0.2, 0.25) is 0 Å². The second-order valence-corrected chi connectivity index (χ2v) is 5.99. The third-order valence-corrected chi connectivity index (χ3v) is 4.07. The maximum Gasteiger partial charge on any atom is 0.125 e. The lowest BCUT2D eigenvalue weighted by molar-refractivity contribution is 0.0648. The van der Waals surface area contributed by atoms with Crippen LogP contribution in [-0.2, 0) is 0 Å². The summed E-state index contributed by atoms with van der Waals surface area (Å²) >= 11 is 7.81. The molecule has 1 aromatic rings. The zero-order valence-corrected chi connectivity index (χ0v) is 11.4. The van der Waals surface area contributed by atoms with Crippen molar-refractivity contribution in [3.8, 4) is 5.75 Å². The van der Waals surface area contributed by atoms with Gasteiger partial charge in [0.25, 0.3) is 0 Å². The van der Waals surface area contributed by atoms with Crippen LogP contribution in [0.2, 0.25) is 5.02 Å². The highest BCUT2D eigenvalue weighted by Crippen LogP contribution is 2.37. The number of ether oxygens (including phenoxy) is 1. The van der Waals surface area contributed by atoms with Gasteiger partial charge >= 0.3 is 0 Å². The Labute approximate surface area is 111 Å². The van der Waals surface area contributed by atoms with E-state index in [1.54, 1.807) is 12.1 Å². The van der Waals surface area contributed by atoms with Crippen molar-refractivity contribution in [3.63, 3.8) is 0 Å². The number of aliphatic hydroxyl groups is 1. The summed E-state index contributed by atoms with van der Waals surface area (Å²) in [6.45, 7) is 2.15. The number of aliphatic hydroxyl groups excluding tert-OH is 1. The first-order chi connectivity index (χ1) is 8.20. The number of fused-ring (bicyclic) bond motifs is 1. The van der Waals surface area contributed by atoms with Gasteiger partial charge in [-0.1, -0.05) is 18.5 Å². The summed E-state index contributed by atoms with van der Waals surface area (Å²) in [6.07, 6.45) is 1.32. The Bertz CT molecular complexity index is 384. The molecule has 0 amide bonds. The average molecular weight is 273 g/mol. The van der Waals surface area contributed by atoms with Gasteiger partial charge in [-0.2, -0.15) is 11.8 Å². The molecule has 2 nitrogen and oxygen atoms in total. The third kappa shape index (κ3) is 3.30. The van der Waals surface area contributed by atoms with Crippen LogP contribution >= 0.6 is 23.4 Å². The van der Waals surface area contributed by atoms with Crippen LogP contribution in [0.4, 0.5) is 0 Å². The zero-order chi connectivity index (χ0) is 12.3. The van der Waals surface area contributed by atoms with Gasteiger partial charge in [0.15, 0.2) is 0 Å². The molecule has 0 radical (unpaired) electrons. The van der Waals surface area contributed by atoms with Gasteiger partial charge in [-0.05, 0) is 36.1 Å². The number of halogens is 1. The summed E-state index contributed by atoms with van der Waals surface area (Å²) in [7, 11) is 0. The standard InChI is InChI=1S/C13H17ClO2S/c1-2-17-6-5-10-8-12(15)11-7-9(14)3-4-13(11)16-10/h3-4,7,10,12,15H,2,5-6,8H2,1H3. The summed E-state index contributed by atoms with van der Waals surface area (Å²) in [4.78, 5) is 0. The monoisotopic (exact) mass is 272 g/mol. The molecule has 94 valence electrons. The molecule has 1 aliphatic rings. The molecule has 17 heavy (non-hydrogen) atoms. The van der Waals surface area contributed by atoms with Gasteiger partial charge in [-0.25, -0.2) is 0 Å². The lowest BCUT2D eigenvalue weighted by Crippen LogP contribution is -2.26. The summed E-state index contributed by atoms with van der Waals surface area (Å²) in [5, 5.41) is 10.7. The quantitative estimate of drug-likeness (QED) is 0.848. The van der Waals surface area contributed by atoms with Gasteiger partial charge in [0.05, 0.1) is 6.10 Å². The third-order valence-electron chi connectivity index (χ3n) is 2.90. The first kappa shape index (κ1) is 13.1. The van der Waals surface area contributed by atoms with E-state index in [4.69, 9.17) is 16.3 Å². The molecular formula is C13H17ClO2S. The second kappa shape index (κ2) is 5.98. The Hall–Kier alpha value is -0.380. The molecule has 1 aromatic carbocycles. The van der Waals surface area contributed by atoms with Crippen molar-refractivity contribution < 1.29 is 9.84 Å². The van der Waals surface area contributed by atoms with E-state index in [1.165, 1.54) is 0 Å². The molecule has 0 fully saturated rings. The van der Waals surface area contributed by atoms with Crippen molar-refractivity contribution in [3.05, 3.63) is 28.8 Å². The Morgan fingerprint density at radius 3 is 3.12 bits per heavy atom. The Kier molecular flexibility index (Phi) is 4.60. The molecule has 1 aliphatic heterocycles. The SMILES string of the molecule is CCSCCC1CC(O)c2cc(Cl)ccc2O1. The van der Waals surface area contributed by atoms with Crippen molar-refractivity contribution in [1.29, 1.82) is 0 Å². The number of rotatable bonds is 4. The van der Waals surface area contributed by atoms with Crippen LogP contribution in [0, 0.1) is 0 Å². The number of thioether (sulfide) groups is 1. The average Bonchev–Trinajstić information content (AvgIpc) is 2.31. The molecule has 0 saturated carbocycles. The van der Waals surface area contributed by atoms with E-state index in [2.05, 4.69) is 6.92 Å². The van der Waals surface area contributed by atoms with Gasteiger partial charge in [0.1, 0.15) is 11.9 Å². The molecule has 0 spiro atoms. The molecule has 1 N–H and O–H groups in total.